The molecule has 0 saturated heterocycles. The second-order valence-corrected chi connectivity index (χ2v) is 8.75. The number of aromatic nitrogens is 2. The predicted molar refractivity (Wildman–Crippen MR) is 82.0 cm³/mol. The van der Waals surface area contributed by atoms with Crippen molar-refractivity contribution in [2.45, 2.75) is 37.3 Å². The molecular formula is C15H20N2O3S. The number of hydrogen-bond donors (Lipinski definition) is 1. The van der Waals surface area contributed by atoms with E-state index in [1.165, 1.54) is 0 Å². The van der Waals surface area contributed by atoms with E-state index in [0.29, 0.717) is 17.0 Å². The molecule has 0 spiro atoms. The molecule has 0 amide bonds. The average Bonchev–Trinajstić information content (AvgIpc) is 2.65. The minimum atomic E-state index is -3.38. The highest BCUT2D eigenvalue weighted by Gasteiger charge is 2.30. The molecule has 0 aliphatic heterocycles. The van der Waals surface area contributed by atoms with Crippen LogP contribution in [0.3, 0.4) is 0 Å². The van der Waals surface area contributed by atoms with Crippen molar-refractivity contribution < 1.29 is 13.5 Å². The Labute approximate surface area is 125 Å². The second kappa shape index (κ2) is 4.87. The van der Waals surface area contributed by atoms with Crippen LogP contribution >= 0.6 is 0 Å². The third-order valence-electron chi connectivity index (χ3n) is 3.55. The lowest BCUT2D eigenvalue weighted by atomic mass is 10.1. The smallest absolute Gasteiger partial charge is 0.183 e. The molecule has 0 saturated carbocycles. The van der Waals surface area contributed by atoms with Crippen LogP contribution < -0.4 is 0 Å². The number of aromatic hydroxyl groups is 1. The Morgan fingerprint density at radius 3 is 2.05 bits per heavy atom. The molecule has 1 aromatic heterocycles. The van der Waals surface area contributed by atoms with Crippen molar-refractivity contribution in [1.82, 2.24) is 9.78 Å². The minimum absolute atomic E-state index is 0.115. The standard InChI is InChI=1S/C15H20N2O3S/c1-10-14(18)13(16-17(10)5)11-6-8-12(9-7-11)21(19,20)15(2,3)4/h6-9,18H,1-5H3. The SMILES string of the molecule is Cc1c(O)c(-c2ccc(S(=O)(=O)C(C)(C)C)cc2)nn1C. The fourth-order valence-corrected chi connectivity index (χ4v) is 3.14. The zero-order valence-electron chi connectivity index (χ0n) is 12.9. The van der Waals surface area contributed by atoms with Gasteiger partial charge in [0.1, 0.15) is 5.69 Å². The predicted octanol–water partition coefficient (Wildman–Crippen LogP) is 2.67. The van der Waals surface area contributed by atoms with Crippen molar-refractivity contribution in [3.8, 4) is 17.0 Å². The molecule has 1 N–H and O–H groups in total. The van der Waals surface area contributed by atoms with Crippen LogP contribution in [0.5, 0.6) is 5.75 Å². The summed E-state index contributed by atoms with van der Waals surface area (Å²) in [5, 5.41) is 14.3. The van der Waals surface area contributed by atoms with Crippen LogP contribution in [-0.2, 0) is 16.9 Å². The van der Waals surface area contributed by atoms with E-state index in [2.05, 4.69) is 5.10 Å². The molecule has 2 rings (SSSR count). The number of hydrogen-bond acceptors (Lipinski definition) is 4. The van der Waals surface area contributed by atoms with Gasteiger partial charge in [-0.3, -0.25) is 4.68 Å². The molecule has 0 unspecified atom stereocenters. The van der Waals surface area contributed by atoms with Crippen LogP contribution in [0.2, 0.25) is 0 Å². The highest BCUT2D eigenvalue weighted by atomic mass is 32.2. The summed E-state index contributed by atoms with van der Waals surface area (Å²) in [5.41, 5.74) is 1.80. The maximum atomic E-state index is 12.4. The molecule has 0 fully saturated rings. The summed E-state index contributed by atoms with van der Waals surface area (Å²) in [5.74, 6) is 0.115. The molecule has 2 aromatic rings. The van der Waals surface area contributed by atoms with Gasteiger partial charge >= 0.3 is 0 Å². The van der Waals surface area contributed by atoms with E-state index in [1.54, 1.807) is 63.7 Å². The largest absolute Gasteiger partial charge is 0.504 e. The van der Waals surface area contributed by atoms with Gasteiger partial charge in [0.2, 0.25) is 0 Å². The molecule has 0 atom stereocenters. The van der Waals surface area contributed by atoms with E-state index in [-0.39, 0.29) is 10.6 Å². The Hall–Kier alpha value is -1.82. The van der Waals surface area contributed by atoms with Crippen molar-refractivity contribution in [2.75, 3.05) is 0 Å². The Balaban J connectivity index is 2.47. The normalized spacial score (nSPS) is 12.6. The van der Waals surface area contributed by atoms with Gasteiger partial charge in [-0.05, 0) is 39.8 Å². The topological polar surface area (TPSA) is 72.2 Å². The number of benzene rings is 1. The fraction of sp³-hybridized carbons (Fsp3) is 0.400. The third kappa shape index (κ3) is 2.55. The maximum Gasteiger partial charge on any atom is 0.183 e. The first-order valence-corrected chi connectivity index (χ1v) is 8.11. The molecule has 21 heavy (non-hydrogen) atoms. The molecule has 6 heteroatoms. The number of sulfone groups is 1. The highest BCUT2D eigenvalue weighted by Crippen LogP contribution is 2.32. The molecule has 0 bridgehead atoms. The molecule has 0 aliphatic rings. The van der Waals surface area contributed by atoms with E-state index >= 15 is 0 Å². The summed E-state index contributed by atoms with van der Waals surface area (Å²) >= 11 is 0. The zero-order chi connectivity index (χ0) is 16.0. The van der Waals surface area contributed by atoms with Gasteiger partial charge in [0.25, 0.3) is 0 Å². The van der Waals surface area contributed by atoms with E-state index in [1.807, 2.05) is 0 Å². The Morgan fingerprint density at radius 2 is 1.67 bits per heavy atom. The first-order chi connectivity index (χ1) is 9.55. The van der Waals surface area contributed by atoms with Gasteiger partial charge < -0.3 is 5.11 Å². The van der Waals surface area contributed by atoms with E-state index in [4.69, 9.17) is 0 Å². The van der Waals surface area contributed by atoms with Gasteiger partial charge in [-0.1, -0.05) is 12.1 Å². The minimum Gasteiger partial charge on any atom is -0.504 e. The van der Waals surface area contributed by atoms with Gasteiger partial charge in [-0.2, -0.15) is 5.10 Å². The van der Waals surface area contributed by atoms with Crippen molar-refractivity contribution in [3.05, 3.63) is 30.0 Å². The summed E-state index contributed by atoms with van der Waals surface area (Å²) < 4.78 is 25.5. The van der Waals surface area contributed by atoms with Crippen LogP contribution in [0.15, 0.2) is 29.2 Å². The van der Waals surface area contributed by atoms with Gasteiger partial charge in [-0.25, -0.2) is 8.42 Å². The van der Waals surface area contributed by atoms with Crippen LogP contribution in [-0.4, -0.2) is 28.1 Å². The molecule has 114 valence electrons. The number of aryl methyl sites for hydroxylation is 1. The van der Waals surface area contributed by atoms with E-state index in [9.17, 15) is 13.5 Å². The maximum absolute atomic E-state index is 12.4. The molecule has 1 aromatic carbocycles. The van der Waals surface area contributed by atoms with Crippen LogP contribution in [0.4, 0.5) is 0 Å². The molecule has 0 aliphatic carbocycles. The van der Waals surface area contributed by atoms with Crippen LogP contribution in [0.25, 0.3) is 11.3 Å². The molecule has 1 heterocycles. The third-order valence-corrected chi connectivity index (χ3v) is 6.05. The number of nitrogens with zero attached hydrogens (tertiary/aromatic N) is 2. The summed E-state index contributed by atoms with van der Waals surface area (Å²) in [6.45, 7) is 6.78. The Kier molecular flexibility index (Phi) is 3.61. The zero-order valence-corrected chi connectivity index (χ0v) is 13.7. The summed E-state index contributed by atoms with van der Waals surface area (Å²) in [7, 11) is -1.63. The second-order valence-electron chi connectivity index (χ2n) is 6.05. The molecule has 0 radical (unpaired) electrons. The lowest BCUT2D eigenvalue weighted by molar-refractivity contribution is 0.471. The van der Waals surface area contributed by atoms with Crippen molar-refractivity contribution in [2.24, 2.45) is 7.05 Å². The lowest BCUT2D eigenvalue weighted by Gasteiger charge is -2.19. The van der Waals surface area contributed by atoms with Gasteiger partial charge in [0.15, 0.2) is 15.6 Å². The Morgan fingerprint density at radius 1 is 1.14 bits per heavy atom. The fourth-order valence-electron chi connectivity index (χ4n) is 1.94. The first-order valence-electron chi connectivity index (χ1n) is 6.63. The average molecular weight is 308 g/mol. The number of rotatable bonds is 2. The van der Waals surface area contributed by atoms with Crippen LogP contribution in [0.1, 0.15) is 26.5 Å². The quantitative estimate of drug-likeness (QED) is 0.926. The van der Waals surface area contributed by atoms with E-state index < -0.39 is 14.6 Å². The monoisotopic (exact) mass is 308 g/mol. The van der Waals surface area contributed by atoms with Gasteiger partial charge in [0.05, 0.1) is 15.3 Å². The summed E-state index contributed by atoms with van der Waals surface area (Å²) in [6.07, 6.45) is 0. The van der Waals surface area contributed by atoms with Gasteiger partial charge in [-0.15, -0.1) is 0 Å². The first kappa shape index (κ1) is 15.6. The lowest BCUT2D eigenvalue weighted by Crippen LogP contribution is -2.27. The highest BCUT2D eigenvalue weighted by molar-refractivity contribution is 7.92. The summed E-state index contributed by atoms with van der Waals surface area (Å²) in [6, 6.07) is 6.44. The van der Waals surface area contributed by atoms with Crippen molar-refractivity contribution in [1.29, 1.82) is 0 Å². The molecule has 5 nitrogen and oxygen atoms in total. The van der Waals surface area contributed by atoms with E-state index in [0.717, 1.165) is 0 Å². The Bertz CT molecular complexity index is 766. The van der Waals surface area contributed by atoms with Crippen molar-refractivity contribution in [3.63, 3.8) is 0 Å². The summed E-state index contributed by atoms with van der Waals surface area (Å²) in [4.78, 5) is 0.269. The van der Waals surface area contributed by atoms with Gasteiger partial charge in [0, 0.05) is 12.6 Å². The van der Waals surface area contributed by atoms with Crippen LogP contribution in [0, 0.1) is 6.92 Å². The van der Waals surface area contributed by atoms with Crippen molar-refractivity contribution >= 4 is 9.84 Å². The molecular weight excluding hydrogens is 288 g/mol.